The molecule has 0 unspecified atom stereocenters. The molecule has 2 aromatic carbocycles. The van der Waals surface area contributed by atoms with Gasteiger partial charge in [-0.3, -0.25) is 10.1 Å². The topological polar surface area (TPSA) is 55.2 Å². The van der Waals surface area contributed by atoms with E-state index < -0.39 is 0 Å². The maximum atomic E-state index is 10.6. The average molecular weight is 270 g/mol. The van der Waals surface area contributed by atoms with E-state index in [9.17, 15) is 10.1 Å². The molecule has 2 rings (SSSR count). The van der Waals surface area contributed by atoms with Gasteiger partial charge in [-0.25, -0.2) is 0 Å². The van der Waals surface area contributed by atoms with Gasteiger partial charge < -0.3 is 5.32 Å². The van der Waals surface area contributed by atoms with E-state index in [2.05, 4.69) is 31.3 Å². The monoisotopic (exact) mass is 270 g/mol. The molecule has 0 radical (unpaired) electrons. The Morgan fingerprint density at radius 2 is 1.75 bits per heavy atom. The number of nitro benzene ring substituents is 1. The highest BCUT2D eigenvalue weighted by Crippen LogP contribution is 2.24. The smallest absolute Gasteiger partial charge is 0.269 e. The minimum Gasteiger partial charge on any atom is -0.381 e. The van der Waals surface area contributed by atoms with Crippen LogP contribution in [0.25, 0.3) is 0 Å². The van der Waals surface area contributed by atoms with Gasteiger partial charge in [-0.1, -0.05) is 44.2 Å². The third-order valence-electron chi connectivity index (χ3n) is 3.21. The average Bonchev–Trinajstić information content (AvgIpc) is 2.45. The van der Waals surface area contributed by atoms with Crippen molar-refractivity contribution in [2.75, 3.05) is 5.32 Å². The SMILES string of the molecule is CC(C)c1ccccc1NCc1ccc([N+](=O)[O-])cc1. The van der Waals surface area contributed by atoms with Crippen LogP contribution in [0.4, 0.5) is 11.4 Å². The summed E-state index contributed by atoms with van der Waals surface area (Å²) in [5.74, 6) is 0.454. The number of benzene rings is 2. The summed E-state index contributed by atoms with van der Waals surface area (Å²) in [5.41, 5.74) is 3.53. The predicted molar refractivity (Wildman–Crippen MR) is 81.0 cm³/mol. The summed E-state index contributed by atoms with van der Waals surface area (Å²) >= 11 is 0. The third-order valence-corrected chi connectivity index (χ3v) is 3.21. The highest BCUT2D eigenvalue weighted by atomic mass is 16.6. The Kier molecular flexibility index (Phi) is 4.35. The van der Waals surface area contributed by atoms with Crippen LogP contribution in [0.1, 0.15) is 30.9 Å². The number of non-ortho nitro benzene ring substituents is 1. The van der Waals surface area contributed by atoms with Crippen molar-refractivity contribution in [1.29, 1.82) is 0 Å². The summed E-state index contributed by atoms with van der Waals surface area (Å²) in [7, 11) is 0. The van der Waals surface area contributed by atoms with E-state index in [1.54, 1.807) is 12.1 Å². The van der Waals surface area contributed by atoms with Crippen molar-refractivity contribution < 1.29 is 4.92 Å². The first-order valence-corrected chi connectivity index (χ1v) is 6.64. The lowest BCUT2D eigenvalue weighted by Gasteiger charge is -2.14. The lowest BCUT2D eigenvalue weighted by molar-refractivity contribution is -0.384. The van der Waals surface area contributed by atoms with Gasteiger partial charge in [0.15, 0.2) is 0 Å². The molecule has 20 heavy (non-hydrogen) atoms. The summed E-state index contributed by atoms with van der Waals surface area (Å²) in [6.45, 7) is 4.97. The van der Waals surface area contributed by atoms with E-state index in [0.29, 0.717) is 12.5 Å². The Bertz CT molecular complexity index is 592. The van der Waals surface area contributed by atoms with Crippen LogP contribution in [0.5, 0.6) is 0 Å². The second kappa shape index (κ2) is 6.19. The van der Waals surface area contributed by atoms with Crippen LogP contribution in [-0.2, 0) is 6.54 Å². The van der Waals surface area contributed by atoms with Crippen LogP contribution in [0.15, 0.2) is 48.5 Å². The van der Waals surface area contributed by atoms with Gasteiger partial charge in [0, 0.05) is 24.4 Å². The number of rotatable bonds is 5. The lowest BCUT2D eigenvalue weighted by atomic mass is 10.0. The van der Waals surface area contributed by atoms with E-state index in [1.165, 1.54) is 17.7 Å². The number of anilines is 1. The molecule has 0 saturated carbocycles. The van der Waals surface area contributed by atoms with E-state index in [1.807, 2.05) is 12.1 Å². The van der Waals surface area contributed by atoms with Crippen molar-refractivity contribution in [3.8, 4) is 0 Å². The third kappa shape index (κ3) is 3.35. The highest BCUT2D eigenvalue weighted by Gasteiger charge is 2.06. The van der Waals surface area contributed by atoms with Crippen LogP contribution in [0.3, 0.4) is 0 Å². The number of hydrogen-bond donors (Lipinski definition) is 1. The molecule has 0 aromatic heterocycles. The summed E-state index contributed by atoms with van der Waals surface area (Å²) < 4.78 is 0. The molecule has 0 bridgehead atoms. The van der Waals surface area contributed by atoms with Gasteiger partial charge in [0.25, 0.3) is 5.69 Å². The predicted octanol–water partition coefficient (Wildman–Crippen LogP) is 4.33. The second-order valence-corrected chi connectivity index (χ2v) is 5.02. The molecule has 0 aliphatic rings. The number of para-hydroxylation sites is 1. The molecule has 0 aliphatic heterocycles. The van der Waals surface area contributed by atoms with Crippen molar-refractivity contribution in [1.82, 2.24) is 0 Å². The van der Waals surface area contributed by atoms with Crippen LogP contribution >= 0.6 is 0 Å². The van der Waals surface area contributed by atoms with Crippen LogP contribution < -0.4 is 5.32 Å². The standard InChI is InChI=1S/C16H18N2O2/c1-12(2)15-5-3-4-6-16(15)17-11-13-7-9-14(10-8-13)18(19)20/h3-10,12,17H,11H2,1-2H3. The van der Waals surface area contributed by atoms with Gasteiger partial charge >= 0.3 is 0 Å². The largest absolute Gasteiger partial charge is 0.381 e. The zero-order valence-corrected chi connectivity index (χ0v) is 11.7. The van der Waals surface area contributed by atoms with Gasteiger partial charge in [-0.2, -0.15) is 0 Å². The van der Waals surface area contributed by atoms with Crippen molar-refractivity contribution in [2.24, 2.45) is 0 Å². The first kappa shape index (κ1) is 14.1. The first-order valence-electron chi connectivity index (χ1n) is 6.64. The maximum absolute atomic E-state index is 10.6. The molecule has 0 saturated heterocycles. The molecule has 1 N–H and O–H groups in total. The highest BCUT2D eigenvalue weighted by molar-refractivity contribution is 5.53. The molecule has 0 aliphatic carbocycles. The summed E-state index contributed by atoms with van der Waals surface area (Å²) in [5, 5.41) is 14.0. The quantitative estimate of drug-likeness (QED) is 0.650. The Morgan fingerprint density at radius 1 is 1.10 bits per heavy atom. The fourth-order valence-corrected chi connectivity index (χ4v) is 2.09. The molecule has 0 fully saturated rings. The van der Waals surface area contributed by atoms with E-state index in [0.717, 1.165) is 11.3 Å². The molecule has 0 spiro atoms. The fraction of sp³-hybridized carbons (Fsp3) is 0.250. The van der Waals surface area contributed by atoms with Crippen molar-refractivity contribution in [3.63, 3.8) is 0 Å². The molecule has 0 heterocycles. The number of nitrogens with zero attached hydrogens (tertiary/aromatic N) is 1. The molecule has 2 aromatic rings. The molecule has 104 valence electrons. The maximum Gasteiger partial charge on any atom is 0.269 e. The molecule has 4 heteroatoms. The second-order valence-electron chi connectivity index (χ2n) is 5.02. The van der Waals surface area contributed by atoms with Crippen LogP contribution in [0, 0.1) is 10.1 Å². The minimum absolute atomic E-state index is 0.122. The van der Waals surface area contributed by atoms with Crippen LogP contribution in [0.2, 0.25) is 0 Å². The van der Waals surface area contributed by atoms with Crippen molar-refractivity contribution in [3.05, 3.63) is 69.8 Å². The molecule has 4 nitrogen and oxygen atoms in total. The van der Waals surface area contributed by atoms with Crippen LogP contribution in [-0.4, -0.2) is 4.92 Å². The summed E-state index contributed by atoms with van der Waals surface area (Å²) in [6, 6.07) is 14.8. The molecule has 0 atom stereocenters. The Labute approximate surface area is 118 Å². The minimum atomic E-state index is -0.384. The fourth-order valence-electron chi connectivity index (χ4n) is 2.09. The lowest BCUT2D eigenvalue weighted by Crippen LogP contribution is -2.03. The number of hydrogen-bond acceptors (Lipinski definition) is 3. The van der Waals surface area contributed by atoms with E-state index >= 15 is 0 Å². The van der Waals surface area contributed by atoms with Gasteiger partial charge in [-0.15, -0.1) is 0 Å². The van der Waals surface area contributed by atoms with E-state index in [-0.39, 0.29) is 10.6 Å². The van der Waals surface area contributed by atoms with Crippen molar-refractivity contribution in [2.45, 2.75) is 26.3 Å². The summed E-state index contributed by atoms with van der Waals surface area (Å²) in [6.07, 6.45) is 0. The van der Waals surface area contributed by atoms with E-state index in [4.69, 9.17) is 0 Å². The Hall–Kier alpha value is -2.36. The molecular weight excluding hydrogens is 252 g/mol. The van der Waals surface area contributed by atoms with Crippen molar-refractivity contribution >= 4 is 11.4 Å². The van der Waals surface area contributed by atoms with Gasteiger partial charge in [0.05, 0.1) is 4.92 Å². The number of nitro groups is 1. The zero-order valence-electron chi connectivity index (χ0n) is 11.7. The zero-order chi connectivity index (χ0) is 14.5. The molecule has 0 amide bonds. The normalized spacial score (nSPS) is 10.6. The van der Waals surface area contributed by atoms with Gasteiger partial charge in [-0.05, 0) is 23.1 Å². The van der Waals surface area contributed by atoms with Gasteiger partial charge in [0.1, 0.15) is 0 Å². The molecular formula is C16H18N2O2. The number of nitrogens with one attached hydrogen (secondary N) is 1. The van der Waals surface area contributed by atoms with Gasteiger partial charge in [0.2, 0.25) is 0 Å². The summed E-state index contributed by atoms with van der Waals surface area (Å²) in [4.78, 5) is 10.2. The Balaban J connectivity index is 2.07. The Morgan fingerprint density at radius 3 is 2.35 bits per heavy atom. The first-order chi connectivity index (χ1) is 9.58.